The average Bonchev–Trinajstić information content (AvgIpc) is 2.22. The van der Waals surface area contributed by atoms with Crippen molar-refractivity contribution in [3.63, 3.8) is 0 Å². The van der Waals surface area contributed by atoms with Gasteiger partial charge in [0.15, 0.2) is 0 Å². The molecule has 0 fully saturated rings. The van der Waals surface area contributed by atoms with Crippen molar-refractivity contribution in [3.05, 3.63) is 32.8 Å². The Kier molecular flexibility index (Phi) is 5.03. The van der Waals surface area contributed by atoms with E-state index in [1.54, 1.807) is 0 Å². The zero-order chi connectivity index (χ0) is 15.0. The van der Waals surface area contributed by atoms with Crippen LogP contribution in [0.1, 0.15) is 19.4 Å². The maximum Gasteiger partial charge on any atom is 0.312 e. The largest absolute Gasteiger partial charge is 0.312 e. The molecule has 0 saturated heterocycles. The van der Waals surface area contributed by atoms with E-state index in [0.29, 0.717) is 0 Å². The summed E-state index contributed by atoms with van der Waals surface area (Å²) < 4.78 is 51.9. The van der Waals surface area contributed by atoms with Gasteiger partial charge in [-0.3, -0.25) is 0 Å². The molecule has 0 atom stereocenters. The van der Waals surface area contributed by atoms with E-state index in [0.717, 1.165) is 13.8 Å². The van der Waals surface area contributed by atoms with Gasteiger partial charge in [-0.1, -0.05) is 48.7 Å². The lowest BCUT2D eigenvalue weighted by atomic mass is 9.79. The minimum atomic E-state index is -4.15. The van der Waals surface area contributed by atoms with Crippen molar-refractivity contribution in [1.82, 2.24) is 0 Å². The quantitative estimate of drug-likeness (QED) is 0.581. The normalized spacial score (nSPS) is 13.2. The first kappa shape index (κ1) is 16.9. The second-order valence-electron chi connectivity index (χ2n) is 4.83. The Labute approximate surface area is 123 Å². The molecule has 0 N–H and O–H groups in total. The molecule has 0 spiro atoms. The molecule has 0 radical (unpaired) electrons. The van der Waals surface area contributed by atoms with Gasteiger partial charge in [0.1, 0.15) is 0 Å². The van der Waals surface area contributed by atoms with Crippen molar-refractivity contribution in [2.75, 3.05) is 0 Å². The van der Waals surface area contributed by atoms with E-state index < -0.39 is 17.8 Å². The molecule has 0 heterocycles. The fraction of sp³-hybridized carbons (Fsp3) is 0.500. The standard InChI is InChI=1S/C12H11Cl3F4/c1-11(2,12(18,19)10(16)17)5-7-8(14)3-6(13)4-9(7)15/h3-4,10H,5H2,1-2H3. The van der Waals surface area contributed by atoms with Crippen molar-refractivity contribution >= 4 is 34.8 Å². The molecule has 108 valence electrons. The predicted octanol–water partition coefficient (Wildman–Crippen LogP) is 6.12. The monoisotopic (exact) mass is 336 g/mol. The molecule has 1 aromatic carbocycles. The molecule has 0 unspecified atom stereocenters. The van der Waals surface area contributed by atoms with Crippen LogP contribution in [0.4, 0.5) is 17.6 Å². The van der Waals surface area contributed by atoms with Gasteiger partial charge in [-0.05, 0) is 24.1 Å². The summed E-state index contributed by atoms with van der Waals surface area (Å²) in [7, 11) is 0. The number of hydrogen-bond donors (Lipinski definition) is 0. The molecule has 1 rings (SSSR count). The average molecular weight is 338 g/mol. The van der Waals surface area contributed by atoms with Gasteiger partial charge in [0.05, 0.1) is 0 Å². The van der Waals surface area contributed by atoms with E-state index in [-0.39, 0.29) is 27.1 Å². The van der Waals surface area contributed by atoms with Crippen molar-refractivity contribution in [2.45, 2.75) is 32.6 Å². The third kappa shape index (κ3) is 3.47. The Morgan fingerprint density at radius 3 is 1.84 bits per heavy atom. The van der Waals surface area contributed by atoms with Crippen LogP contribution in [0, 0.1) is 5.41 Å². The summed E-state index contributed by atoms with van der Waals surface area (Å²) in [5.74, 6) is -4.15. The molecule has 19 heavy (non-hydrogen) atoms. The van der Waals surface area contributed by atoms with E-state index >= 15 is 0 Å². The number of alkyl halides is 4. The lowest BCUT2D eigenvalue weighted by Crippen LogP contribution is -2.44. The third-order valence-electron chi connectivity index (χ3n) is 2.90. The highest BCUT2D eigenvalue weighted by atomic mass is 35.5. The van der Waals surface area contributed by atoms with E-state index in [2.05, 4.69) is 0 Å². The molecule has 0 aliphatic heterocycles. The van der Waals surface area contributed by atoms with E-state index in [1.165, 1.54) is 12.1 Å². The van der Waals surface area contributed by atoms with E-state index in [4.69, 9.17) is 34.8 Å². The molecular formula is C12H11Cl3F4. The first-order chi connectivity index (χ1) is 8.49. The summed E-state index contributed by atoms with van der Waals surface area (Å²) in [6.45, 7) is 2.08. The zero-order valence-corrected chi connectivity index (χ0v) is 12.4. The van der Waals surface area contributed by atoms with Crippen LogP contribution in [-0.4, -0.2) is 12.3 Å². The molecular weight excluding hydrogens is 326 g/mol. The zero-order valence-electron chi connectivity index (χ0n) is 10.1. The maximum atomic E-state index is 13.5. The van der Waals surface area contributed by atoms with Crippen molar-refractivity contribution < 1.29 is 17.6 Å². The van der Waals surface area contributed by atoms with Gasteiger partial charge in [-0.15, -0.1) is 0 Å². The predicted molar refractivity (Wildman–Crippen MR) is 69.9 cm³/mol. The fourth-order valence-corrected chi connectivity index (χ4v) is 2.55. The highest BCUT2D eigenvalue weighted by Gasteiger charge is 2.54. The van der Waals surface area contributed by atoms with Crippen LogP contribution >= 0.6 is 34.8 Å². The highest BCUT2D eigenvalue weighted by Crippen LogP contribution is 2.45. The van der Waals surface area contributed by atoms with Gasteiger partial charge < -0.3 is 0 Å². The Hall–Kier alpha value is -0.190. The number of rotatable bonds is 4. The summed E-state index contributed by atoms with van der Waals surface area (Å²) in [6.07, 6.45) is -4.15. The van der Waals surface area contributed by atoms with E-state index in [9.17, 15) is 17.6 Å². The summed E-state index contributed by atoms with van der Waals surface area (Å²) in [4.78, 5) is 0. The highest BCUT2D eigenvalue weighted by molar-refractivity contribution is 6.39. The van der Waals surface area contributed by atoms with Gasteiger partial charge in [-0.2, -0.15) is 8.78 Å². The maximum absolute atomic E-state index is 13.5. The Morgan fingerprint density at radius 2 is 1.47 bits per heavy atom. The first-order valence-electron chi connectivity index (χ1n) is 5.28. The summed E-state index contributed by atoms with van der Waals surface area (Å²) >= 11 is 17.4. The van der Waals surface area contributed by atoms with Gasteiger partial charge in [-0.25, -0.2) is 8.78 Å². The Morgan fingerprint density at radius 1 is 1.05 bits per heavy atom. The number of hydrogen-bond acceptors (Lipinski definition) is 0. The minimum Gasteiger partial charge on any atom is -0.204 e. The number of halogens is 7. The SMILES string of the molecule is CC(C)(Cc1c(Cl)cc(Cl)cc1Cl)C(F)(F)C(F)F. The van der Waals surface area contributed by atoms with Crippen molar-refractivity contribution in [2.24, 2.45) is 5.41 Å². The van der Waals surface area contributed by atoms with Gasteiger partial charge in [0, 0.05) is 20.5 Å². The molecule has 0 bridgehead atoms. The Balaban J connectivity index is 3.16. The second kappa shape index (κ2) is 5.66. The molecule has 0 nitrogen and oxygen atoms in total. The van der Waals surface area contributed by atoms with Crippen LogP contribution < -0.4 is 0 Å². The molecule has 0 saturated carbocycles. The van der Waals surface area contributed by atoms with Crippen LogP contribution in [0.2, 0.25) is 15.1 Å². The van der Waals surface area contributed by atoms with Gasteiger partial charge >= 0.3 is 12.3 Å². The van der Waals surface area contributed by atoms with Crippen molar-refractivity contribution in [3.8, 4) is 0 Å². The number of benzene rings is 1. The third-order valence-corrected chi connectivity index (χ3v) is 3.79. The van der Waals surface area contributed by atoms with Gasteiger partial charge in [0.25, 0.3) is 0 Å². The lowest BCUT2D eigenvalue weighted by Gasteiger charge is -2.34. The molecule has 0 aliphatic rings. The molecule has 7 heteroatoms. The smallest absolute Gasteiger partial charge is 0.204 e. The molecule has 0 amide bonds. The Bertz CT molecular complexity index is 449. The topological polar surface area (TPSA) is 0 Å². The lowest BCUT2D eigenvalue weighted by molar-refractivity contribution is -0.196. The van der Waals surface area contributed by atoms with Crippen LogP contribution in [0.25, 0.3) is 0 Å². The van der Waals surface area contributed by atoms with Crippen LogP contribution in [0.5, 0.6) is 0 Å². The van der Waals surface area contributed by atoms with E-state index in [1.807, 2.05) is 0 Å². The van der Waals surface area contributed by atoms with Crippen molar-refractivity contribution in [1.29, 1.82) is 0 Å². The van der Waals surface area contributed by atoms with Crippen LogP contribution in [0.15, 0.2) is 12.1 Å². The van der Waals surface area contributed by atoms with Crippen LogP contribution in [-0.2, 0) is 6.42 Å². The summed E-state index contributed by atoms with van der Waals surface area (Å²) in [6, 6.07) is 2.67. The van der Waals surface area contributed by atoms with Gasteiger partial charge in [0.2, 0.25) is 0 Å². The van der Waals surface area contributed by atoms with Crippen LogP contribution in [0.3, 0.4) is 0 Å². The summed E-state index contributed by atoms with van der Waals surface area (Å²) in [5.41, 5.74) is -1.82. The minimum absolute atomic E-state index is 0.0793. The second-order valence-corrected chi connectivity index (χ2v) is 6.08. The first-order valence-corrected chi connectivity index (χ1v) is 6.42. The molecule has 1 aromatic rings. The fourth-order valence-electron chi connectivity index (χ4n) is 1.60. The molecule has 0 aliphatic carbocycles. The molecule has 0 aromatic heterocycles. The summed E-state index contributed by atoms with van der Waals surface area (Å²) in [5, 5.41) is 0.406.